The molecular formula is C21H21N7OS. The predicted octanol–water partition coefficient (Wildman–Crippen LogP) is 3.28. The predicted molar refractivity (Wildman–Crippen MR) is 113 cm³/mol. The minimum Gasteiger partial charge on any atom is -0.338 e. The molecule has 0 atom stereocenters. The topological polar surface area (TPSA) is 89.2 Å². The Labute approximate surface area is 177 Å². The van der Waals surface area contributed by atoms with E-state index >= 15 is 0 Å². The van der Waals surface area contributed by atoms with Gasteiger partial charge in [-0.25, -0.2) is 4.98 Å². The number of carbonyl (C=O) groups excluding carboxylic acids is 1. The van der Waals surface area contributed by atoms with Crippen LogP contribution in [0.2, 0.25) is 0 Å². The number of aryl methyl sites for hydroxylation is 2. The Morgan fingerprint density at radius 1 is 1.13 bits per heavy atom. The maximum Gasteiger partial charge on any atom is 0.265 e. The molecule has 4 aromatic heterocycles. The Bertz CT molecular complexity index is 1210. The van der Waals surface area contributed by atoms with Gasteiger partial charge in [-0.15, -0.1) is 21.5 Å². The molecule has 0 N–H and O–H groups in total. The number of amides is 1. The lowest BCUT2D eigenvalue weighted by atomic mass is 9.96. The Hall–Kier alpha value is -3.20. The molecule has 5 rings (SSSR count). The van der Waals surface area contributed by atoms with Gasteiger partial charge < -0.3 is 4.90 Å². The van der Waals surface area contributed by atoms with Crippen molar-refractivity contribution in [1.29, 1.82) is 0 Å². The Morgan fingerprint density at radius 3 is 2.67 bits per heavy atom. The summed E-state index contributed by atoms with van der Waals surface area (Å²) in [7, 11) is 0. The first-order valence-electron chi connectivity index (χ1n) is 9.96. The van der Waals surface area contributed by atoms with Crippen molar-refractivity contribution < 1.29 is 4.79 Å². The van der Waals surface area contributed by atoms with Gasteiger partial charge in [-0.2, -0.15) is 9.61 Å². The third-order valence-electron chi connectivity index (χ3n) is 5.49. The first-order chi connectivity index (χ1) is 14.6. The number of piperidine rings is 1. The summed E-state index contributed by atoms with van der Waals surface area (Å²) in [6, 6.07) is 7.75. The van der Waals surface area contributed by atoms with Crippen molar-refractivity contribution in [1.82, 2.24) is 34.7 Å². The number of nitrogens with zero attached hydrogens (tertiary/aromatic N) is 7. The average Bonchev–Trinajstić information content (AvgIpc) is 3.36. The molecule has 4 aromatic rings. The number of pyridine rings is 1. The number of hydrogen-bond donors (Lipinski definition) is 0. The maximum atomic E-state index is 12.9. The summed E-state index contributed by atoms with van der Waals surface area (Å²) in [5.41, 5.74) is 3.34. The van der Waals surface area contributed by atoms with Crippen LogP contribution in [0.5, 0.6) is 0 Å². The second kappa shape index (κ2) is 7.56. The number of carbonyl (C=O) groups is 1. The quantitative estimate of drug-likeness (QED) is 0.506. The Balaban J connectivity index is 1.36. The van der Waals surface area contributed by atoms with Gasteiger partial charge in [0, 0.05) is 37.0 Å². The van der Waals surface area contributed by atoms with Crippen molar-refractivity contribution in [3.05, 3.63) is 58.1 Å². The second-order valence-corrected chi connectivity index (χ2v) is 8.71. The van der Waals surface area contributed by atoms with Crippen LogP contribution in [0.1, 0.15) is 45.0 Å². The van der Waals surface area contributed by atoms with E-state index in [9.17, 15) is 4.79 Å². The first-order valence-corrected chi connectivity index (χ1v) is 10.8. The van der Waals surface area contributed by atoms with Crippen LogP contribution in [0.15, 0.2) is 36.7 Å². The summed E-state index contributed by atoms with van der Waals surface area (Å²) in [5, 5.41) is 14.4. The summed E-state index contributed by atoms with van der Waals surface area (Å²) >= 11 is 1.47. The zero-order chi connectivity index (χ0) is 20.7. The zero-order valence-electron chi connectivity index (χ0n) is 16.8. The lowest BCUT2D eigenvalue weighted by Gasteiger charge is -2.30. The molecule has 1 aliphatic heterocycles. The van der Waals surface area contributed by atoms with Gasteiger partial charge >= 0.3 is 0 Å². The molecule has 0 saturated carbocycles. The molecule has 0 radical (unpaired) electrons. The van der Waals surface area contributed by atoms with E-state index in [4.69, 9.17) is 5.10 Å². The van der Waals surface area contributed by atoms with Crippen LogP contribution in [0.4, 0.5) is 0 Å². The Morgan fingerprint density at radius 2 is 1.97 bits per heavy atom. The highest BCUT2D eigenvalue weighted by Crippen LogP contribution is 2.29. The first kappa shape index (κ1) is 18.8. The molecule has 1 aliphatic rings. The molecule has 1 saturated heterocycles. The van der Waals surface area contributed by atoms with Crippen LogP contribution in [0.3, 0.4) is 0 Å². The Kier molecular flexibility index (Phi) is 4.74. The summed E-state index contributed by atoms with van der Waals surface area (Å²) < 4.78 is 1.83. The zero-order valence-corrected chi connectivity index (χ0v) is 17.6. The number of hydrogen-bond acceptors (Lipinski definition) is 7. The van der Waals surface area contributed by atoms with E-state index < -0.39 is 0 Å². The summed E-state index contributed by atoms with van der Waals surface area (Å²) in [6.45, 7) is 5.22. The van der Waals surface area contributed by atoms with Gasteiger partial charge in [0.25, 0.3) is 5.91 Å². The molecule has 0 aromatic carbocycles. The minimum atomic E-state index is 0.0830. The van der Waals surface area contributed by atoms with Crippen molar-refractivity contribution in [2.24, 2.45) is 0 Å². The molecule has 0 unspecified atom stereocenters. The van der Waals surface area contributed by atoms with Crippen molar-refractivity contribution in [3.63, 3.8) is 0 Å². The lowest BCUT2D eigenvalue weighted by Crippen LogP contribution is -2.38. The van der Waals surface area contributed by atoms with Crippen LogP contribution >= 0.6 is 11.3 Å². The van der Waals surface area contributed by atoms with Crippen molar-refractivity contribution in [2.45, 2.75) is 32.6 Å². The fraction of sp³-hybridized carbons (Fsp3) is 0.333. The molecule has 1 fully saturated rings. The van der Waals surface area contributed by atoms with Crippen LogP contribution in [0, 0.1) is 13.8 Å². The van der Waals surface area contributed by atoms with Crippen molar-refractivity contribution in [3.8, 4) is 11.3 Å². The van der Waals surface area contributed by atoms with Gasteiger partial charge in [0.1, 0.15) is 4.88 Å². The van der Waals surface area contributed by atoms with Gasteiger partial charge in [-0.3, -0.25) is 9.78 Å². The molecule has 8 nitrogen and oxygen atoms in total. The molecule has 5 heterocycles. The largest absolute Gasteiger partial charge is 0.338 e. The highest BCUT2D eigenvalue weighted by molar-refractivity contribution is 7.13. The highest BCUT2D eigenvalue weighted by atomic mass is 32.1. The van der Waals surface area contributed by atoms with Crippen LogP contribution in [-0.4, -0.2) is 53.7 Å². The molecular weight excluding hydrogens is 398 g/mol. The number of thiazole rings is 1. The van der Waals surface area contributed by atoms with E-state index in [-0.39, 0.29) is 11.8 Å². The smallest absolute Gasteiger partial charge is 0.265 e. The lowest BCUT2D eigenvalue weighted by molar-refractivity contribution is 0.0714. The molecule has 0 bridgehead atoms. The second-order valence-electron chi connectivity index (χ2n) is 7.50. The summed E-state index contributed by atoms with van der Waals surface area (Å²) in [6.07, 6.45) is 5.21. The van der Waals surface area contributed by atoms with Crippen molar-refractivity contribution >= 4 is 22.9 Å². The van der Waals surface area contributed by atoms with Gasteiger partial charge in [0.2, 0.25) is 0 Å². The van der Waals surface area contributed by atoms with Gasteiger partial charge in [0.15, 0.2) is 11.5 Å². The van der Waals surface area contributed by atoms with Crippen molar-refractivity contribution in [2.75, 3.05) is 13.1 Å². The molecule has 30 heavy (non-hydrogen) atoms. The fourth-order valence-corrected chi connectivity index (χ4v) is 4.83. The molecule has 0 spiro atoms. The monoisotopic (exact) mass is 419 g/mol. The van der Waals surface area contributed by atoms with E-state index in [1.54, 1.807) is 12.4 Å². The third-order valence-corrected chi connectivity index (χ3v) is 6.55. The van der Waals surface area contributed by atoms with E-state index in [1.807, 2.05) is 47.5 Å². The number of likely N-dealkylation sites (tertiary alicyclic amines) is 1. The van der Waals surface area contributed by atoms with Gasteiger partial charge in [-0.05, 0) is 51.0 Å². The van der Waals surface area contributed by atoms with E-state index in [1.165, 1.54) is 11.3 Å². The highest BCUT2D eigenvalue weighted by Gasteiger charge is 2.29. The van der Waals surface area contributed by atoms with Crippen LogP contribution < -0.4 is 0 Å². The van der Waals surface area contributed by atoms with E-state index in [2.05, 4.69) is 20.2 Å². The molecule has 9 heteroatoms. The molecule has 0 aliphatic carbocycles. The van der Waals surface area contributed by atoms with Crippen LogP contribution in [0.25, 0.3) is 16.9 Å². The third kappa shape index (κ3) is 3.35. The van der Waals surface area contributed by atoms with Gasteiger partial charge in [0.05, 0.1) is 16.4 Å². The molecule has 1 amide bonds. The number of fused-ring (bicyclic) bond motifs is 1. The van der Waals surface area contributed by atoms with Crippen LogP contribution in [-0.2, 0) is 0 Å². The number of aromatic nitrogens is 6. The number of rotatable bonds is 3. The normalized spacial score (nSPS) is 15.1. The van der Waals surface area contributed by atoms with E-state index in [0.717, 1.165) is 51.1 Å². The molecule has 152 valence electrons. The average molecular weight is 420 g/mol. The summed E-state index contributed by atoms with van der Waals surface area (Å²) in [4.78, 5) is 24.1. The fourth-order valence-electron chi connectivity index (χ4n) is 3.94. The SMILES string of the molecule is Cc1nc(C)c(C(=O)N2CCC(c3nnc4ccc(-c5cccnc5)nn34)CC2)s1. The van der Waals surface area contributed by atoms with Gasteiger partial charge in [-0.1, -0.05) is 0 Å². The standard InChI is InChI=1S/C21H21N7OS/c1-13-19(30-14(2)23-13)21(29)27-10-7-15(8-11-27)20-25-24-18-6-5-17(26-28(18)20)16-4-3-9-22-12-16/h3-6,9,12,15H,7-8,10-11H2,1-2H3. The minimum absolute atomic E-state index is 0.0830. The summed E-state index contributed by atoms with van der Waals surface area (Å²) in [5.74, 6) is 1.15. The van der Waals surface area contributed by atoms with E-state index in [0.29, 0.717) is 13.1 Å². The maximum absolute atomic E-state index is 12.9.